The molecule has 1 aliphatic rings. The van der Waals surface area contributed by atoms with Gasteiger partial charge >= 0.3 is 0 Å². The first-order chi connectivity index (χ1) is 12.7. The van der Waals surface area contributed by atoms with Gasteiger partial charge in [-0.05, 0) is 38.8 Å². The fourth-order valence-electron chi connectivity index (χ4n) is 3.47. The molecule has 1 saturated heterocycles. The molecule has 4 rings (SSSR count). The van der Waals surface area contributed by atoms with Crippen LogP contribution in [0.1, 0.15) is 47.7 Å². The van der Waals surface area contributed by atoms with E-state index in [2.05, 4.69) is 25.3 Å². The SMILES string of the molecule is CCn1ncc(C(=O)N2CCCC2c2nc(-c3cccnc3)n[nH]2)c1C. The number of rotatable bonds is 4. The van der Waals surface area contributed by atoms with Crippen molar-refractivity contribution >= 4 is 5.91 Å². The van der Waals surface area contributed by atoms with E-state index < -0.39 is 0 Å². The molecule has 1 fully saturated rings. The van der Waals surface area contributed by atoms with Crippen LogP contribution >= 0.6 is 0 Å². The Morgan fingerprint density at radius 1 is 1.38 bits per heavy atom. The molecule has 26 heavy (non-hydrogen) atoms. The molecule has 0 saturated carbocycles. The fourth-order valence-corrected chi connectivity index (χ4v) is 3.47. The molecule has 4 heterocycles. The molecule has 8 heteroatoms. The van der Waals surface area contributed by atoms with Gasteiger partial charge < -0.3 is 4.90 Å². The van der Waals surface area contributed by atoms with E-state index in [-0.39, 0.29) is 11.9 Å². The lowest BCUT2D eigenvalue weighted by Crippen LogP contribution is -2.31. The standard InChI is InChI=1S/C18H21N7O/c1-3-25-12(2)14(11-20-25)18(26)24-9-5-7-15(24)17-21-16(22-23-17)13-6-4-8-19-10-13/h4,6,8,10-11,15H,3,5,7,9H2,1-2H3,(H,21,22,23). The van der Waals surface area contributed by atoms with Crippen molar-refractivity contribution in [2.24, 2.45) is 0 Å². The van der Waals surface area contributed by atoms with E-state index in [0.29, 0.717) is 17.9 Å². The number of aryl methyl sites for hydroxylation is 1. The fraction of sp³-hybridized carbons (Fsp3) is 0.389. The second-order valence-corrected chi connectivity index (χ2v) is 6.40. The van der Waals surface area contributed by atoms with E-state index in [1.807, 2.05) is 35.6 Å². The zero-order valence-corrected chi connectivity index (χ0v) is 14.9. The molecule has 134 valence electrons. The Bertz CT molecular complexity index is 915. The molecule has 0 spiro atoms. The summed E-state index contributed by atoms with van der Waals surface area (Å²) in [4.78, 5) is 23.6. The normalized spacial score (nSPS) is 17.0. The number of aromatic nitrogens is 6. The maximum absolute atomic E-state index is 13.1. The monoisotopic (exact) mass is 351 g/mol. The van der Waals surface area contributed by atoms with Crippen molar-refractivity contribution in [2.75, 3.05) is 6.54 Å². The van der Waals surface area contributed by atoms with Crippen LogP contribution in [-0.4, -0.2) is 47.3 Å². The number of likely N-dealkylation sites (tertiary alicyclic amines) is 1. The van der Waals surface area contributed by atoms with Gasteiger partial charge in [-0.3, -0.25) is 19.6 Å². The highest BCUT2D eigenvalue weighted by atomic mass is 16.2. The molecular formula is C18H21N7O. The van der Waals surface area contributed by atoms with Crippen molar-refractivity contribution in [1.82, 2.24) is 34.8 Å². The second kappa shape index (κ2) is 6.70. The first-order valence-electron chi connectivity index (χ1n) is 8.85. The van der Waals surface area contributed by atoms with Gasteiger partial charge in [-0.1, -0.05) is 0 Å². The van der Waals surface area contributed by atoms with E-state index in [9.17, 15) is 4.79 Å². The van der Waals surface area contributed by atoms with Gasteiger partial charge in [-0.25, -0.2) is 4.98 Å². The lowest BCUT2D eigenvalue weighted by atomic mass is 10.1. The maximum atomic E-state index is 13.1. The predicted molar refractivity (Wildman–Crippen MR) is 95.3 cm³/mol. The minimum atomic E-state index is -0.0928. The van der Waals surface area contributed by atoms with Gasteiger partial charge in [0.15, 0.2) is 5.82 Å². The van der Waals surface area contributed by atoms with Gasteiger partial charge in [0.2, 0.25) is 0 Å². The van der Waals surface area contributed by atoms with Crippen molar-refractivity contribution in [2.45, 2.75) is 39.3 Å². The van der Waals surface area contributed by atoms with Crippen LogP contribution in [0.25, 0.3) is 11.4 Å². The average molecular weight is 351 g/mol. The highest BCUT2D eigenvalue weighted by Crippen LogP contribution is 2.32. The number of hydrogen-bond acceptors (Lipinski definition) is 5. The second-order valence-electron chi connectivity index (χ2n) is 6.40. The summed E-state index contributed by atoms with van der Waals surface area (Å²) in [7, 11) is 0. The number of aromatic amines is 1. The molecule has 0 bridgehead atoms. The molecule has 1 aliphatic heterocycles. The van der Waals surface area contributed by atoms with Gasteiger partial charge in [-0.15, -0.1) is 0 Å². The highest BCUT2D eigenvalue weighted by Gasteiger charge is 2.34. The van der Waals surface area contributed by atoms with E-state index in [1.165, 1.54) is 0 Å². The summed E-state index contributed by atoms with van der Waals surface area (Å²) in [5.74, 6) is 1.32. The summed E-state index contributed by atoms with van der Waals surface area (Å²) >= 11 is 0. The minimum absolute atomic E-state index is 0.00373. The number of amides is 1. The number of carbonyl (C=O) groups is 1. The van der Waals surface area contributed by atoms with Gasteiger partial charge in [0.1, 0.15) is 5.82 Å². The van der Waals surface area contributed by atoms with Gasteiger partial charge in [0.25, 0.3) is 5.91 Å². The molecule has 0 radical (unpaired) electrons. The van der Waals surface area contributed by atoms with E-state index in [0.717, 1.165) is 36.5 Å². The Balaban J connectivity index is 1.60. The molecule has 1 amide bonds. The van der Waals surface area contributed by atoms with E-state index in [4.69, 9.17) is 0 Å². The number of carbonyl (C=O) groups excluding carboxylic acids is 1. The van der Waals surface area contributed by atoms with Crippen molar-refractivity contribution in [3.05, 3.63) is 47.8 Å². The third-order valence-corrected chi connectivity index (χ3v) is 4.88. The first kappa shape index (κ1) is 16.4. The van der Waals surface area contributed by atoms with E-state index >= 15 is 0 Å². The van der Waals surface area contributed by atoms with Crippen LogP contribution in [0.4, 0.5) is 0 Å². The molecule has 0 aliphatic carbocycles. The average Bonchev–Trinajstić information content (AvgIpc) is 3.40. The molecular weight excluding hydrogens is 330 g/mol. The third kappa shape index (κ3) is 2.77. The molecule has 3 aromatic heterocycles. The molecule has 1 atom stereocenters. The number of H-pyrrole nitrogens is 1. The Morgan fingerprint density at radius 2 is 2.27 bits per heavy atom. The highest BCUT2D eigenvalue weighted by molar-refractivity contribution is 5.95. The number of hydrogen-bond donors (Lipinski definition) is 1. The summed E-state index contributed by atoms with van der Waals surface area (Å²) < 4.78 is 1.84. The lowest BCUT2D eigenvalue weighted by Gasteiger charge is -2.22. The zero-order valence-electron chi connectivity index (χ0n) is 14.9. The lowest BCUT2D eigenvalue weighted by molar-refractivity contribution is 0.0729. The number of nitrogens with one attached hydrogen (secondary N) is 1. The summed E-state index contributed by atoms with van der Waals surface area (Å²) in [6.45, 7) is 5.41. The van der Waals surface area contributed by atoms with Crippen molar-refractivity contribution < 1.29 is 4.79 Å². The van der Waals surface area contributed by atoms with Gasteiger partial charge in [0, 0.05) is 36.7 Å². The van der Waals surface area contributed by atoms with Crippen LogP contribution in [0.5, 0.6) is 0 Å². The Labute approximate surface area is 151 Å². The molecule has 1 N–H and O–H groups in total. The Hall–Kier alpha value is -3.03. The molecule has 3 aromatic rings. The maximum Gasteiger partial charge on any atom is 0.257 e. The largest absolute Gasteiger partial charge is 0.328 e. The van der Waals surface area contributed by atoms with Crippen LogP contribution in [0, 0.1) is 6.92 Å². The van der Waals surface area contributed by atoms with Crippen molar-refractivity contribution in [3.63, 3.8) is 0 Å². The number of nitrogens with zero attached hydrogens (tertiary/aromatic N) is 6. The van der Waals surface area contributed by atoms with Crippen LogP contribution in [0.3, 0.4) is 0 Å². The molecule has 8 nitrogen and oxygen atoms in total. The number of pyridine rings is 1. The summed E-state index contributed by atoms with van der Waals surface area (Å²) in [6.07, 6.45) is 6.92. The van der Waals surface area contributed by atoms with Crippen LogP contribution < -0.4 is 0 Å². The van der Waals surface area contributed by atoms with Crippen molar-refractivity contribution in [1.29, 1.82) is 0 Å². The zero-order chi connectivity index (χ0) is 18.1. The first-order valence-corrected chi connectivity index (χ1v) is 8.85. The van der Waals surface area contributed by atoms with Gasteiger partial charge in [0.05, 0.1) is 17.8 Å². The van der Waals surface area contributed by atoms with Crippen LogP contribution in [0.15, 0.2) is 30.7 Å². The minimum Gasteiger partial charge on any atom is -0.328 e. The van der Waals surface area contributed by atoms with Gasteiger partial charge in [-0.2, -0.15) is 10.2 Å². The predicted octanol–water partition coefficient (Wildman–Crippen LogP) is 2.37. The topological polar surface area (TPSA) is 92.6 Å². The summed E-state index contributed by atoms with van der Waals surface area (Å²) in [6, 6.07) is 3.68. The van der Waals surface area contributed by atoms with E-state index in [1.54, 1.807) is 18.6 Å². The third-order valence-electron chi connectivity index (χ3n) is 4.88. The summed E-state index contributed by atoms with van der Waals surface area (Å²) in [5, 5.41) is 11.6. The van der Waals surface area contributed by atoms with Crippen LogP contribution in [0.2, 0.25) is 0 Å². The van der Waals surface area contributed by atoms with Crippen molar-refractivity contribution in [3.8, 4) is 11.4 Å². The molecule has 1 unspecified atom stereocenters. The smallest absolute Gasteiger partial charge is 0.257 e. The summed E-state index contributed by atoms with van der Waals surface area (Å²) in [5.41, 5.74) is 2.41. The Morgan fingerprint density at radius 3 is 3.00 bits per heavy atom. The molecule has 0 aromatic carbocycles. The van der Waals surface area contributed by atoms with Crippen LogP contribution in [-0.2, 0) is 6.54 Å². The quantitative estimate of drug-likeness (QED) is 0.779. The Kier molecular flexibility index (Phi) is 4.24.